The largest absolute Gasteiger partial charge is 0.395 e. The number of nitrogens with zero attached hydrogens (tertiary/aromatic N) is 3. The van der Waals surface area contributed by atoms with Crippen molar-refractivity contribution >= 4 is 26.5 Å². The molecule has 3 aromatic heterocycles. The Balaban J connectivity index is 2.13. The molecule has 0 spiro atoms. The summed E-state index contributed by atoms with van der Waals surface area (Å²) in [6, 6.07) is 12.5. The molecule has 9 heteroatoms. The lowest BCUT2D eigenvalue weighted by atomic mass is 10.2. The summed E-state index contributed by atoms with van der Waals surface area (Å²) in [6.45, 7) is 1.44. The molecule has 148 valence electrons. The number of aliphatic hydroxyl groups excluding tert-OH is 1. The highest BCUT2D eigenvalue weighted by molar-refractivity contribution is 7.91. The summed E-state index contributed by atoms with van der Waals surface area (Å²) in [7, 11) is -4.05. The summed E-state index contributed by atoms with van der Waals surface area (Å²) < 4.78 is 29.0. The Morgan fingerprint density at radius 1 is 1.14 bits per heavy atom. The Morgan fingerprint density at radius 3 is 2.55 bits per heavy atom. The lowest BCUT2D eigenvalue weighted by molar-refractivity contribution is 0.274. The van der Waals surface area contributed by atoms with Crippen molar-refractivity contribution < 1.29 is 13.5 Å². The molecule has 29 heavy (non-hydrogen) atoms. The molecular formula is C20H18N4O4S. The number of aliphatic hydroxyl groups is 1. The van der Waals surface area contributed by atoms with Gasteiger partial charge < -0.3 is 9.67 Å². The van der Waals surface area contributed by atoms with Crippen LogP contribution in [0.4, 0.5) is 0 Å². The first kappa shape index (κ1) is 19.0. The number of rotatable bonds is 4. The highest BCUT2D eigenvalue weighted by Gasteiger charge is 2.24. The molecule has 0 atom stereocenters. The molecule has 0 amide bonds. The molecule has 2 N–H and O–H groups in total. The first-order valence-corrected chi connectivity index (χ1v) is 10.3. The van der Waals surface area contributed by atoms with Crippen LogP contribution in [-0.2, 0) is 16.4 Å². The van der Waals surface area contributed by atoms with Crippen LogP contribution in [0.2, 0.25) is 0 Å². The van der Waals surface area contributed by atoms with E-state index in [-0.39, 0.29) is 39.5 Å². The van der Waals surface area contributed by atoms with Crippen LogP contribution in [0.25, 0.3) is 16.7 Å². The zero-order chi connectivity index (χ0) is 20.8. The molecule has 1 aromatic carbocycles. The highest BCUT2D eigenvalue weighted by Crippen LogP contribution is 2.21. The van der Waals surface area contributed by atoms with Gasteiger partial charge in [0.05, 0.1) is 16.9 Å². The average Bonchev–Trinajstić information content (AvgIpc) is 2.70. The number of aryl methyl sites for hydroxylation is 1. The molecule has 0 aliphatic rings. The molecule has 0 bridgehead atoms. The predicted molar refractivity (Wildman–Crippen MR) is 107 cm³/mol. The number of fused-ring (bicyclic) bond motifs is 2. The number of benzene rings is 1. The van der Waals surface area contributed by atoms with Crippen LogP contribution in [0.3, 0.4) is 0 Å². The minimum absolute atomic E-state index is 0.0281. The monoisotopic (exact) mass is 410 g/mol. The Morgan fingerprint density at radius 2 is 1.86 bits per heavy atom. The molecule has 8 nitrogen and oxygen atoms in total. The summed E-state index contributed by atoms with van der Waals surface area (Å²) >= 11 is 0. The normalized spacial score (nSPS) is 11.9. The minimum Gasteiger partial charge on any atom is -0.395 e. The quantitative estimate of drug-likeness (QED) is 0.491. The fourth-order valence-electron chi connectivity index (χ4n) is 3.23. The smallest absolute Gasteiger partial charge is 0.267 e. The maximum atomic E-state index is 13.2. The van der Waals surface area contributed by atoms with Crippen LogP contribution < -0.4 is 11.0 Å². The molecule has 0 aliphatic carbocycles. The standard InChI is InChI=1S/C20H18N4O4S/c1-13-5-7-14(8-6-13)29(27,28)16-12-15-19(24(10-11-25)18(16)21)22-17-4-2-3-9-23(17)20(15)26/h2-9,12,21,25H,10-11H2,1H3. The zero-order valence-electron chi connectivity index (χ0n) is 15.5. The van der Waals surface area contributed by atoms with E-state index in [0.717, 1.165) is 5.56 Å². The van der Waals surface area contributed by atoms with Gasteiger partial charge in [0, 0.05) is 12.7 Å². The van der Waals surface area contributed by atoms with Crippen LogP contribution in [0.15, 0.2) is 69.3 Å². The third-order valence-corrected chi connectivity index (χ3v) is 6.51. The molecule has 3 heterocycles. The molecule has 4 aromatic rings. The number of nitrogens with one attached hydrogen (secondary N) is 1. The van der Waals surface area contributed by atoms with Gasteiger partial charge in [-0.2, -0.15) is 0 Å². The topological polar surface area (TPSA) is 118 Å². The van der Waals surface area contributed by atoms with Crippen LogP contribution in [0.1, 0.15) is 5.56 Å². The van der Waals surface area contributed by atoms with E-state index in [4.69, 9.17) is 5.41 Å². The molecular weight excluding hydrogens is 392 g/mol. The van der Waals surface area contributed by atoms with Crippen molar-refractivity contribution in [3.63, 3.8) is 0 Å². The van der Waals surface area contributed by atoms with Gasteiger partial charge in [-0.15, -0.1) is 0 Å². The van der Waals surface area contributed by atoms with Gasteiger partial charge in [-0.25, -0.2) is 13.4 Å². The third-order valence-electron chi connectivity index (χ3n) is 4.73. The fraction of sp³-hybridized carbons (Fsp3) is 0.150. The van der Waals surface area contributed by atoms with Crippen LogP contribution in [0.5, 0.6) is 0 Å². The molecule has 0 saturated carbocycles. The van der Waals surface area contributed by atoms with E-state index < -0.39 is 15.4 Å². The lowest BCUT2D eigenvalue weighted by Crippen LogP contribution is -2.30. The minimum atomic E-state index is -4.05. The number of aromatic nitrogens is 3. The number of sulfone groups is 1. The Kier molecular flexibility index (Phi) is 4.56. The van der Waals surface area contributed by atoms with Crippen molar-refractivity contribution in [2.75, 3.05) is 6.61 Å². The highest BCUT2D eigenvalue weighted by atomic mass is 32.2. The number of hydrogen-bond donors (Lipinski definition) is 2. The number of pyridine rings is 2. The fourth-order valence-corrected chi connectivity index (χ4v) is 4.61. The second-order valence-corrected chi connectivity index (χ2v) is 8.55. The van der Waals surface area contributed by atoms with E-state index in [2.05, 4.69) is 4.98 Å². The predicted octanol–water partition coefficient (Wildman–Crippen LogP) is 1.26. The Hall–Kier alpha value is -3.30. The van der Waals surface area contributed by atoms with Crippen molar-refractivity contribution in [2.24, 2.45) is 0 Å². The van der Waals surface area contributed by atoms with Crippen molar-refractivity contribution in [2.45, 2.75) is 23.3 Å². The SMILES string of the molecule is Cc1ccc(S(=O)(=O)c2cc3c(=O)n4ccccc4nc3n(CCO)c2=N)cc1. The Labute approximate surface area is 165 Å². The summed E-state index contributed by atoms with van der Waals surface area (Å²) in [5.74, 6) is 0. The zero-order valence-corrected chi connectivity index (χ0v) is 16.3. The van der Waals surface area contributed by atoms with Gasteiger partial charge in [0.1, 0.15) is 21.7 Å². The van der Waals surface area contributed by atoms with Crippen molar-refractivity contribution in [1.29, 1.82) is 5.41 Å². The summed E-state index contributed by atoms with van der Waals surface area (Å²) in [4.78, 5) is 17.2. The molecule has 4 rings (SSSR count). The lowest BCUT2D eigenvalue weighted by Gasteiger charge is -2.14. The van der Waals surface area contributed by atoms with Gasteiger partial charge in [-0.05, 0) is 37.3 Å². The maximum absolute atomic E-state index is 13.2. The average molecular weight is 410 g/mol. The van der Waals surface area contributed by atoms with Crippen molar-refractivity contribution in [3.05, 3.63) is 76.1 Å². The number of hydrogen-bond acceptors (Lipinski definition) is 6. The van der Waals surface area contributed by atoms with E-state index >= 15 is 0 Å². The van der Waals surface area contributed by atoms with Gasteiger partial charge in [0.15, 0.2) is 0 Å². The van der Waals surface area contributed by atoms with Gasteiger partial charge in [-0.3, -0.25) is 14.6 Å². The van der Waals surface area contributed by atoms with E-state index in [1.54, 1.807) is 36.5 Å². The van der Waals surface area contributed by atoms with Gasteiger partial charge in [0.25, 0.3) is 5.56 Å². The van der Waals surface area contributed by atoms with Crippen molar-refractivity contribution in [1.82, 2.24) is 14.0 Å². The Bertz CT molecular complexity index is 1470. The van der Waals surface area contributed by atoms with Crippen LogP contribution in [0, 0.1) is 12.3 Å². The summed E-state index contributed by atoms with van der Waals surface area (Å²) in [5, 5.41) is 18.0. The van der Waals surface area contributed by atoms with Crippen molar-refractivity contribution in [3.8, 4) is 0 Å². The van der Waals surface area contributed by atoms with E-state index in [0.29, 0.717) is 5.65 Å². The molecule has 0 saturated heterocycles. The van der Waals surface area contributed by atoms with E-state index in [1.165, 1.54) is 27.2 Å². The van der Waals surface area contributed by atoms with Gasteiger partial charge in [-0.1, -0.05) is 23.8 Å². The first-order chi connectivity index (χ1) is 13.8. The summed E-state index contributed by atoms with van der Waals surface area (Å²) in [5.41, 5.74) is 0.642. The van der Waals surface area contributed by atoms with E-state index in [9.17, 15) is 18.3 Å². The van der Waals surface area contributed by atoms with Crippen LogP contribution >= 0.6 is 0 Å². The second-order valence-electron chi connectivity index (χ2n) is 6.63. The molecule has 0 radical (unpaired) electrons. The van der Waals surface area contributed by atoms with Gasteiger partial charge >= 0.3 is 0 Å². The first-order valence-electron chi connectivity index (χ1n) is 8.87. The van der Waals surface area contributed by atoms with Gasteiger partial charge in [0.2, 0.25) is 9.84 Å². The second kappa shape index (κ2) is 6.94. The molecule has 0 unspecified atom stereocenters. The maximum Gasteiger partial charge on any atom is 0.267 e. The summed E-state index contributed by atoms with van der Waals surface area (Å²) in [6.07, 6.45) is 1.54. The molecule has 0 fully saturated rings. The van der Waals surface area contributed by atoms with Crippen LogP contribution in [-0.4, -0.2) is 34.1 Å². The molecule has 0 aliphatic heterocycles. The third kappa shape index (κ3) is 3.04. The van der Waals surface area contributed by atoms with E-state index in [1.807, 2.05) is 6.92 Å².